The summed E-state index contributed by atoms with van der Waals surface area (Å²) in [4.78, 5) is 8.47. The van der Waals surface area contributed by atoms with Gasteiger partial charge in [-0.25, -0.2) is 9.97 Å². The zero-order valence-corrected chi connectivity index (χ0v) is 15.8. The summed E-state index contributed by atoms with van der Waals surface area (Å²) in [5.41, 5.74) is 1.35. The summed E-state index contributed by atoms with van der Waals surface area (Å²) in [5, 5.41) is 8.07. The van der Waals surface area contributed by atoms with Crippen molar-refractivity contribution in [2.75, 3.05) is 5.32 Å². The molecule has 0 atom stereocenters. The van der Waals surface area contributed by atoms with Gasteiger partial charge in [0.15, 0.2) is 0 Å². The van der Waals surface area contributed by atoms with Crippen LogP contribution in [-0.4, -0.2) is 35.4 Å². The lowest BCUT2D eigenvalue weighted by atomic mass is 9.62. The first-order valence-corrected chi connectivity index (χ1v) is 8.82. The van der Waals surface area contributed by atoms with Crippen molar-refractivity contribution in [2.45, 2.75) is 5.40 Å². The Morgan fingerprint density at radius 2 is 1.96 bits per heavy atom. The molecule has 1 aromatic carbocycles. The van der Waals surface area contributed by atoms with Crippen LogP contribution in [0.1, 0.15) is 5.56 Å². The Kier molecular flexibility index (Phi) is 4.73. The number of hydrogen-bond acceptors (Lipinski definition) is 5. The molecule has 6 nitrogen and oxygen atoms in total. The number of aryl methyl sites for hydroxylation is 1. The molecule has 0 aliphatic rings. The van der Waals surface area contributed by atoms with E-state index < -0.39 is 5.40 Å². The average molecular weight is 385 g/mol. The van der Waals surface area contributed by atoms with Crippen LogP contribution in [0.5, 0.6) is 5.75 Å². The molecule has 0 saturated heterocycles. The van der Waals surface area contributed by atoms with Crippen molar-refractivity contribution in [3.05, 3.63) is 71.9 Å². The molecule has 4 radical (unpaired) electrons. The van der Waals surface area contributed by atoms with Crippen LogP contribution in [0.4, 0.5) is 11.5 Å². The molecule has 0 saturated carbocycles. The molecule has 28 heavy (non-hydrogen) atoms. The molecular weight excluding hydrogens is 371 g/mol. The van der Waals surface area contributed by atoms with Crippen molar-refractivity contribution < 1.29 is 4.74 Å². The summed E-state index contributed by atoms with van der Waals surface area (Å²) in [6.07, 6.45) is 6.64. The van der Waals surface area contributed by atoms with Crippen LogP contribution in [0, 0.1) is 0 Å². The normalized spacial score (nSPS) is 11.5. The predicted octanol–water partition coefficient (Wildman–Crippen LogP) is 3.29. The molecular formula is C19H14B2ClN5O. The molecule has 9 heteroatoms. The Morgan fingerprint density at radius 1 is 1.11 bits per heavy atom. The van der Waals surface area contributed by atoms with Crippen molar-refractivity contribution in [2.24, 2.45) is 7.05 Å². The minimum atomic E-state index is -1.50. The van der Waals surface area contributed by atoms with E-state index in [0.29, 0.717) is 22.3 Å². The summed E-state index contributed by atoms with van der Waals surface area (Å²) in [6, 6.07) is 11.0. The zero-order chi connectivity index (χ0) is 19.7. The highest BCUT2D eigenvalue weighted by Gasteiger charge is 2.23. The first-order valence-electron chi connectivity index (χ1n) is 8.44. The van der Waals surface area contributed by atoms with Crippen molar-refractivity contribution in [3.8, 4) is 5.75 Å². The van der Waals surface area contributed by atoms with Crippen LogP contribution in [0.2, 0.25) is 5.15 Å². The third-order valence-corrected chi connectivity index (χ3v) is 4.39. The number of benzene rings is 1. The van der Waals surface area contributed by atoms with Gasteiger partial charge in [0, 0.05) is 30.4 Å². The molecule has 0 aliphatic carbocycles. The number of halogens is 1. The van der Waals surface area contributed by atoms with Gasteiger partial charge in [0.05, 0.1) is 23.5 Å². The van der Waals surface area contributed by atoms with Gasteiger partial charge < -0.3 is 10.1 Å². The quantitative estimate of drug-likeness (QED) is 0.422. The van der Waals surface area contributed by atoms with Crippen LogP contribution in [0.25, 0.3) is 10.8 Å². The van der Waals surface area contributed by atoms with E-state index in [1.807, 2.05) is 24.3 Å². The first-order chi connectivity index (χ1) is 13.4. The number of nitrogens with zero attached hydrogens (tertiary/aromatic N) is 4. The lowest BCUT2D eigenvalue weighted by Gasteiger charge is -2.27. The standard InChI is InChI=1S/C19H14B2ClN5O/c1-27-11-13(9-25-27)19(20,21)28-15-3-4-16-12(8-15)6-7-23-18(16)26-14-2-5-17(22)24-10-14/h2-11H,1H3,(H,23,26). The van der Waals surface area contributed by atoms with Crippen molar-refractivity contribution in [3.63, 3.8) is 0 Å². The average Bonchev–Trinajstić information content (AvgIpc) is 3.11. The van der Waals surface area contributed by atoms with E-state index >= 15 is 0 Å². The minimum Gasteiger partial charge on any atom is -0.502 e. The molecule has 0 amide bonds. The third kappa shape index (κ3) is 3.82. The van der Waals surface area contributed by atoms with Crippen LogP contribution in [0.3, 0.4) is 0 Å². The fourth-order valence-corrected chi connectivity index (χ4v) is 2.89. The third-order valence-electron chi connectivity index (χ3n) is 4.17. The van der Waals surface area contributed by atoms with Gasteiger partial charge in [-0.05, 0) is 41.8 Å². The number of aromatic nitrogens is 4. The van der Waals surface area contributed by atoms with Gasteiger partial charge >= 0.3 is 0 Å². The lowest BCUT2D eigenvalue weighted by Crippen LogP contribution is -2.33. The molecule has 4 aromatic rings. The topological polar surface area (TPSA) is 64.9 Å². The number of rotatable bonds is 5. The predicted molar refractivity (Wildman–Crippen MR) is 111 cm³/mol. The number of pyridine rings is 2. The Labute approximate surface area is 169 Å². The van der Waals surface area contributed by atoms with Gasteiger partial charge in [-0.3, -0.25) is 4.68 Å². The molecule has 134 valence electrons. The van der Waals surface area contributed by atoms with Crippen molar-refractivity contribution in [1.82, 2.24) is 19.7 Å². The van der Waals surface area contributed by atoms with E-state index in [9.17, 15) is 0 Å². The second-order valence-electron chi connectivity index (χ2n) is 6.33. The highest BCUT2D eigenvalue weighted by molar-refractivity contribution is 6.39. The van der Waals surface area contributed by atoms with Crippen molar-refractivity contribution >= 4 is 49.6 Å². The number of ether oxygens (including phenoxy) is 1. The van der Waals surface area contributed by atoms with Gasteiger partial charge in [0.2, 0.25) is 0 Å². The maximum Gasteiger partial charge on any atom is 0.138 e. The molecule has 0 fully saturated rings. The number of hydrogen-bond donors (Lipinski definition) is 1. The van der Waals surface area contributed by atoms with E-state index in [-0.39, 0.29) is 0 Å². The highest BCUT2D eigenvalue weighted by Crippen LogP contribution is 2.30. The molecule has 3 aromatic heterocycles. The number of nitrogens with one attached hydrogen (secondary N) is 1. The second-order valence-corrected chi connectivity index (χ2v) is 6.72. The van der Waals surface area contributed by atoms with E-state index in [1.165, 1.54) is 0 Å². The van der Waals surface area contributed by atoms with Crippen LogP contribution in [-0.2, 0) is 12.4 Å². The minimum absolute atomic E-state index is 0.430. The van der Waals surface area contributed by atoms with Gasteiger partial charge in [-0.1, -0.05) is 11.6 Å². The lowest BCUT2D eigenvalue weighted by molar-refractivity contribution is 0.245. The van der Waals surface area contributed by atoms with E-state index in [2.05, 4.69) is 20.4 Å². The monoisotopic (exact) mass is 385 g/mol. The van der Waals surface area contributed by atoms with Crippen LogP contribution >= 0.6 is 11.6 Å². The second kappa shape index (κ2) is 7.20. The highest BCUT2D eigenvalue weighted by atomic mass is 35.5. The molecule has 0 aliphatic heterocycles. The first kappa shape index (κ1) is 18.4. The smallest absolute Gasteiger partial charge is 0.138 e. The Morgan fingerprint density at radius 3 is 2.68 bits per heavy atom. The molecule has 4 rings (SSSR count). The maximum atomic E-state index is 6.13. The Bertz CT molecular complexity index is 1130. The molecule has 0 spiro atoms. The maximum absolute atomic E-state index is 6.13. The molecule has 0 bridgehead atoms. The summed E-state index contributed by atoms with van der Waals surface area (Å²) >= 11 is 5.83. The summed E-state index contributed by atoms with van der Waals surface area (Å²) in [7, 11) is 14.0. The van der Waals surface area contributed by atoms with Gasteiger partial charge in [0.25, 0.3) is 0 Å². The van der Waals surface area contributed by atoms with Gasteiger partial charge in [-0.2, -0.15) is 5.10 Å². The van der Waals surface area contributed by atoms with Gasteiger partial charge in [0.1, 0.15) is 32.4 Å². The Balaban J connectivity index is 1.62. The Hall–Kier alpha value is -2.99. The fourth-order valence-electron chi connectivity index (χ4n) is 2.78. The SMILES string of the molecule is [B]C([B])(Oc1ccc2c(Nc3ccc(Cl)nc3)nccc2c1)c1cnn(C)c1. The van der Waals surface area contributed by atoms with Crippen molar-refractivity contribution in [1.29, 1.82) is 0 Å². The largest absolute Gasteiger partial charge is 0.502 e. The molecule has 3 heterocycles. The van der Waals surface area contributed by atoms with E-state index in [0.717, 1.165) is 16.5 Å². The zero-order valence-electron chi connectivity index (χ0n) is 15.0. The van der Waals surface area contributed by atoms with Gasteiger partial charge in [-0.15, -0.1) is 0 Å². The molecule has 1 N–H and O–H groups in total. The summed E-state index contributed by atoms with van der Waals surface area (Å²) in [6.45, 7) is 0. The van der Waals surface area contributed by atoms with E-state index in [1.54, 1.807) is 48.6 Å². The van der Waals surface area contributed by atoms with E-state index in [4.69, 9.17) is 32.0 Å². The summed E-state index contributed by atoms with van der Waals surface area (Å²) in [5.74, 6) is 1.22. The van der Waals surface area contributed by atoms with Crippen LogP contribution < -0.4 is 10.1 Å². The number of fused-ring (bicyclic) bond motifs is 1. The fraction of sp³-hybridized carbons (Fsp3) is 0.105. The number of anilines is 2. The molecule has 0 unspecified atom stereocenters. The van der Waals surface area contributed by atoms with Crippen LogP contribution in [0.15, 0.2) is 61.2 Å². The summed E-state index contributed by atoms with van der Waals surface area (Å²) < 4.78 is 7.43.